The van der Waals surface area contributed by atoms with Gasteiger partial charge in [0.25, 0.3) is 0 Å². The fourth-order valence-electron chi connectivity index (χ4n) is 2.51. The summed E-state index contributed by atoms with van der Waals surface area (Å²) in [5.74, 6) is 0. The van der Waals surface area contributed by atoms with Crippen LogP contribution in [0.3, 0.4) is 0 Å². The summed E-state index contributed by atoms with van der Waals surface area (Å²) in [5.41, 5.74) is 2.38. The van der Waals surface area contributed by atoms with Crippen LogP contribution in [0.25, 0.3) is 10.9 Å². The Morgan fingerprint density at radius 2 is 1.65 bits per heavy atom. The summed E-state index contributed by atoms with van der Waals surface area (Å²) in [6.45, 7) is 8.29. The van der Waals surface area contributed by atoms with Gasteiger partial charge in [-0.25, -0.2) is 0 Å². The van der Waals surface area contributed by atoms with E-state index < -0.39 is 0 Å². The molecule has 1 saturated heterocycles. The van der Waals surface area contributed by atoms with E-state index in [-0.39, 0.29) is 18.3 Å². The highest BCUT2D eigenvalue weighted by Gasteiger charge is 2.52. The smallest absolute Gasteiger partial charge is 0.399 e. The van der Waals surface area contributed by atoms with Crippen molar-refractivity contribution in [2.75, 3.05) is 0 Å². The van der Waals surface area contributed by atoms with E-state index in [9.17, 15) is 0 Å². The molecule has 1 aliphatic heterocycles. The summed E-state index contributed by atoms with van der Waals surface area (Å²) >= 11 is 0. The topological polar surface area (TPSA) is 31.4 Å². The first-order chi connectivity index (χ1) is 9.30. The molecule has 1 aromatic carbocycles. The molecule has 1 fully saturated rings. The lowest BCUT2D eigenvalue weighted by molar-refractivity contribution is 0.00578. The van der Waals surface area contributed by atoms with E-state index in [4.69, 9.17) is 9.31 Å². The van der Waals surface area contributed by atoms with E-state index in [0.29, 0.717) is 0 Å². The highest BCUT2D eigenvalue weighted by atomic mass is 16.7. The van der Waals surface area contributed by atoms with Gasteiger partial charge in [-0.15, -0.1) is 0 Å². The summed E-state index contributed by atoms with van der Waals surface area (Å²) in [6, 6.07) is 10.2. The molecule has 1 aromatic heterocycles. The van der Waals surface area contributed by atoms with Crippen molar-refractivity contribution in [3.63, 3.8) is 0 Å². The van der Waals surface area contributed by atoms with Crippen LogP contribution in [0.1, 0.15) is 27.7 Å². The van der Waals surface area contributed by atoms with E-state index in [0.717, 1.165) is 22.0 Å². The predicted molar refractivity (Wildman–Crippen MR) is 85.6 cm³/mol. The first-order valence-electron chi connectivity index (χ1n) is 7.02. The molecule has 0 N–H and O–H groups in total. The van der Waals surface area contributed by atoms with Crippen molar-refractivity contribution in [1.29, 1.82) is 0 Å². The molecule has 0 bridgehead atoms. The van der Waals surface area contributed by atoms with Crippen molar-refractivity contribution in [3.05, 3.63) is 30.3 Å². The van der Waals surface area contributed by atoms with Crippen LogP contribution >= 0.6 is 0 Å². The summed E-state index contributed by atoms with van der Waals surface area (Å²) in [5, 5.41) is 1.09. The van der Waals surface area contributed by atoms with Gasteiger partial charge in [-0.1, -0.05) is 24.3 Å². The van der Waals surface area contributed by atoms with Gasteiger partial charge < -0.3 is 9.31 Å². The molecular weight excluding hydrogens is 248 g/mol. The average molecular weight is 267 g/mol. The standard InChI is InChI=1S/C15H19B2NO2/c1-14(2)15(3,4)20-17(19-14)11-9-13(16)18-12-8-6-5-7-10(11)12/h5-9H,16H2,1-4H3. The molecule has 0 radical (unpaired) electrons. The maximum Gasteiger partial charge on any atom is 0.495 e. The van der Waals surface area contributed by atoms with Gasteiger partial charge in [-0.3, -0.25) is 4.98 Å². The van der Waals surface area contributed by atoms with Crippen LogP contribution in [0.5, 0.6) is 0 Å². The molecule has 0 saturated carbocycles. The van der Waals surface area contributed by atoms with E-state index in [1.54, 1.807) is 0 Å². The maximum atomic E-state index is 6.16. The highest BCUT2D eigenvalue weighted by Crippen LogP contribution is 2.36. The Balaban J connectivity index is 2.12. The van der Waals surface area contributed by atoms with Gasteiger partial charge in [0.05, 0.1) is 16.7 Å². The second-order valence-corrected chi connectivity index (χ2v) is 6.46. The maximum absolute atomic E-state index is 6.16. The monoisotopic (exact) mass is 267 g/mol. The number of pyridine rings is 1. The molecule has 102 valence electrons. The highest BCUT2D eigenvalue weighted by molar-refractivity contribution is 6.65. The summed E-state index contributed by atoms with van der Waals surface area (Å²) in [6.07, 6.45) is 0. The van der Waals surface area contributed by atoms with E-state index in [1.165, 1.54) is 0 Å². The third kappa shape index (κ3) is 2.05. The van der Waals surface area contributed by atoms with Crippen molar-refractivity contribution in [2.24, 2.45) is 0 Å². The zero-order valence-electron chi connectivity index (χ0n) is 12.7. The Labute approximate surface area is 121 Å². The van der Waals surface area contributed by atoms with Gasteiger partial charge in [0.15, 0.2) is 7.85 Å². The Hall–Kier alpha value is -1.32. The number of rotatable bonds is 1. The molecule has 20 heavy (non-hydrogen) atoms. The molecule has 0 unspecified atom stereocenters. The second kappa shape index (κ2) is 4.34. The van der Waals surface area contributed by atoms with Gasteiger partial charge in [-0.2, -0.15) is 0 Å². The van der Waals surface area contributed by atoms with Crippen LogP contribution in [-0.2, 0) is 9.31 Å². The minimum absolute atomic E-state index is 0.323. The predicted octanol–water partition coefficient (Wildman–Crippen LogP) is 0.792. The SMILES string of the molecule is Bc1cc(B2OC(C)(C)C(C)(C)O2)c2ccccc2n1. The van der Waals surface area contributed by atoms with Crippen molar-refractivity contribution in [3.8, 4) is 0 Å². The number of nitrogens with zero attached hydrogens (tertiary/aromatic N) is 1. The Bertz CT molecular complexity index is 654. The molecule has 0 atom stereocenters. The summed E-state index contributed by atoms with van der Waals surface area (Å²) in [4.78, 5) is 4.57. The molecule has 0 aliphatic carbocycles. The number of hydrogen-bond acceptors (Lipinski definition) is 3. The van der Waals surface area contributed by atoms with Gasteiger partial charge in [0.2, 0.25) is 0 Å². The number of fused-ring (bicyclic) bond motifs is 1. The summed E-state index contributed by atoms with van der Waals surface area (Å²) in [7, 11) is 1.66. The fourth-order valence-corrected chi connectivity index (χ4v) is 2.51. The lowest BCUT2D eigenvalue weighted by atomic mass is 9.75. The average Bonchev–Trinajstić information content (AvgIpc) is 2.57. The summed E-state index contributed by atoms with van der Waals surface area (Å²) < 4.78 is 12.3. The van der Waals surface area contributed by atoms with E-state index in [2.05, 4.69) is 44.8 Å². The van der Waals surface area contributed by atoms with Crippen molar-refractivity contribution >= 4 is 36.9 Å². The van der Waals surface area contributed by atoms with Crippen molar-refractivity contribution < 1.29 is 9.31 Å². The minimum Gasteiger partial charge on any atom is -0.399 e. The Morgan fingerprint density at radius 3 is 2.30 bits per heavy atom. The molecule has 0 spiro atoms. The fraction of sp³-hybridized carbons (Fsp3) is 0.400. The van der Waals surface area contributed by atoms with Gasteiger partial charge >= 0.3 is 7.12 Å². The van der Waals surface area contributed by atoms with Crippen LogP contribution in [0.4, 0.5) is 0 Å². The lowest BCUT2D eigenvalue weighted by Gasteiger charge is -2.32. The van der Waals surface area contributed by atoms with Gasteiger partial charge in [-0.05, 0) is 50.2 Å². The van der Waals surface area contributed by atoms with Gasteiger partial charge in [0, 0.05) is 0 Å². The Kier molecular flexibility index (Phi) is 2.96. The zero-order valence-corrected chi connectivity index (χ0v) is 12.7. The molecule has 3 nitrogen and oxygen atoms in total. The first kappa shape index (κ1) is 13.7. The Morgan fingerprint density at radius 1 is 1.05 bits per heavy atom. The number of para-hydroxylation sites is 1. The number of aromatic nitrogens is 1. The minimum atomic E-state index is -0.341. The quantitative estimate of drug-likeness (QED) is 0.716. The molecule has 2 heterocycles. The van der Waals surface area contributed by atoms with Crippen LogP contribution in [-0.4, -0.2) is 31.2 Å². The molecule has 3 rings (SSSR count). The largest absolute Gasteiger partial charge is 0.495 e. The third-order valence-corrected chi connectivity index (χ3v) is 4.38. The molecular formula is C15H19B2NO2. The molecule has 0 amide bonds. The second-order valence-electron chi connectivity index (χ2n) is 6.46. The normalized spacial score (nSPS) is 20.5. The first-order valence-corrected chi connectivity index (χ1v) is 7.02. The molecule has 1 aliphatic rings. The number of hydrogen-bond donors (Lipinski definition) is 0. The van der Waals surface area contributed by atoms with E-state index in [1.807, 2.05) is 26.0 Å². The van der Waals surface area contributed by atoms with Crippen LogP contribution in [0.15, 0.2) is 30.3 Å². The van der Waals surface area contributed by atoms with E-state index >= 15 is 0 Å². The van der Waals surface area contributed by atoms with Crippen molar-refractivity contribution in [2.45, 2.75) is 38.9 Å². The van der Waals surface area contributed by atoms with Crippen molar-refractivity contribution in [1.82, 2.24) is 4.98 Å². The van der Waals surface area contributed by atoms with Crippen LogP contribution in [0, 0.1) is 0 Å². The lowest BCUT2D eigenvalue weighted by Crippen LogP contribution is -2.41. The van der Waals surface area contributed by atoms with Crippen LogP contribution in [0.2, 0.25) is 0 Å². The molecule has 2 aromatic rings. The van der Waals surface area contributed by atoms with Crippen LogP contribution < -0.4 is 11.1 Å². The third-order valence-electron chi connectivity index (χ3n) is 4.38. The number of benzene rings is 1. The van der Waals surface area contributed by atoms with Gasteiger partial charge in [0.1, 0.15) is 0 Å². The molecule has 5 heteroatoms. The zero-order chi connectivity index (χ0) is 14.5.